The zero-order valence-electron chi connectivity index (χ0n) is 14.1. The van der Waals surface area contributed by atoms with Crippen LogP contribution < -0.4 is 5.32 Å². The van der Waals surface area contributed by atoms with Gasteiger partial charge in [0.15, 0.2) is 11.9 Å². The van der Waals surface area contributed by atoms with Gasteiger partial charge in [0.1, 0.15) is 4.88 Å². The number of hydrogen-bond donors (Lipinski definition) is 1. The van der Waals surface area contributed by atoms with Gasteiger partial charge in [-0.3, -0.25) is 4.79 Å². The van der Waals surface area contributed by atoms with E-state index in [0.29, 0.717) is 9.90 Å². The number of esters is 1. The molecule has 0 radical (unpaired) electrons. The number of carbonyl (C=O) groups is 2. The van der Waals surface area contributed by atoms with E-state index < -0.39 is 18.0 Å². The summed E-state index contributed by atoms with van der Waals surface area (Å²) in [7, 11) is 0. The molecule has 0 aliphatic heterocycles. The molecule has 1 unspecified atom stereocenters. The van der Waals surface area contributed by atoms with Crippen LogP contribution in [-0.4, -0.2) is 23.0 Å². The minimum absolute atomic E-state index is 0.163. The molecule has 2 heterocycles. The highest BCUT2D eigenvalue weighted by atomic mass is 35.5. The largest absolute Gasteiger partial charge is 0.448 e. The molecule has 25 heavy (non-hydrogen) atoms. The molecule has 2 aromatic heterocycles. The highest BCUT2D eigenvalue weighted by Gasteiger charge is 2.22. The van der Waals surface area contributed by atoms with Gasteiger partial charge < -0.3 is 10.1 Å². The van der Waals surface area contributed by atoms with E-state index in [1.54, 1.807) is 0 Å². The lowest BCUT2D eigenvalue weighted by Gasteiger charge is -2.13. The molecule has 5 nitrogen and oxygen atoms in total. The Morgan fingerprint density at radius 2 is 2.08 bits per heavy atom. The number of hydrogen-bond acceptors (Lipinski definition) is 5. The number of amides is 1. The highest BCUT2D eigenvalue weighted by Crippen LogP contribution is 2.25. The molecule has 0 aromatic carbocycles. The monoisotopic (exact) mass is 400 g/mol. The summed E-state index contributed by atoms with van der Waals surface area (Å²) >= 11 is 13.1. The van der Waals surface area contributed by atoms with Gasteiger partial charge in [-0.2, -0.15) is 0 Å². The van der Waals surface area contributed by atoms with Crippen LogP contribution >= 0.6 is 34.5 Å². The molecule has 0 aliphatic rings. The summed E-state index contributed by atoms with van der Waals surface area (Å²) < 4.78 is 5.24. The lowest BCUT2D eigenvalue weighted by molar-refractivity contribution is -0.123. The van der Waals surface area contributed by atoms with E-state index in [1.165, 1.54) is 30.5 Å². The second-order valence-electron chi connectivity index (χ2n) is 5.46. The first kappa shape index (κ1) is 19.7. The van der Waals surface area contributed by atoms with E-state index in [9.17, 15) is 9.59 Å². The summed E-state index contributed by atoms with van der Waals surface area (Å²) in [6.07, 6.45) is 2.29. The van der Waals surface area contributed by atoms with Crippen LogP contribution in [0.2, 0.25) is 10.0 Å². The van der Waals surface area contributed by atoms with Crippen LogP contribution in [0.3, 0.4) is 0 Å². The molecule has 8 heteroatoms. The summed E-state index contributed by atoms with van der Waals surface area (Å²) in [4.78, 5) is 29.9. The van der Waals surface area contributed by atoms with Crippen LogP contribution in [0.4, 0.5) is 5.82 Å². The summed E-state index contributed by atoms with van der Waals surface area (Å²) in [5, 5.41) is 3.08. The summed E-state index contributed by atoms with van der Waals surface area (Å²) in [5.74, 6) is -0.878. The molecular formula is C17H18Cl2N2O3S. The molecular weight excluding hydrogens is 383 g/mol. The molecule has 1 atom stereocenters. The number of nitrogens with zero attached hydrogens (tertiary/aromatic N) is 1. The molecule has 1 amide bonds. The van der Waals surface area contributed by atoms with Gasteiger partial charge in [0.05, 0.1) is 10.0 Å². The predicted octanol–water partition coefficient (Wildman–Crippen LogP) is 4.89. The van der Waals surface area contributed by atoms with Crippen LogP contribution in [0.5, 0.6) is 0 Å². The number of pyridine rings is 1. The molecule has 0 aliphatic carbocycles. The van der Waals surface area contributed by atoms with Gasteiger partial charge in [-0.05, 0) is 38.0 Å². The SMILES string of the molecule is CCCc1cc(C(=O)OC(C)C(=O)Nc2ncc(Cl)cc2Cl)sc1C. The van der Waals surface area contributed by atoms with Gasteiger partial charge in [0, 0.05) is 11.1 Å². The predicted molar refractivity (Wildman–Crippen MR) is 101 cm³/mol. The lowest BCUT2D eigenvalue weighted by atomic mass is 10.1. The maximum atomic E-state index is 12.2. The Morgan fingerprint density at radius 3 is 2.72 bits per heavy atom. The fourth-order valence-electron chi connectivity index (χ4n) is 2.13. The Hall–Kier alpha value is -1.63. The van der Waals surface area contributed by atoms with Crippen LogP contribution in [-0.2, 0) is 16.0 Å². The number of halogens is 2. The average Bonchev–Trinajstić information content (AvgIpc) is 2.91. The quantitative estimate of drug-likeness (QED) is 0.700. The number of ether oxygens (including phenoxy) is 1. The summed E-state index contributed by atoms with van der Waals surface area (Å²) in [5.41, 5.74) is 1.13. The highest BCUT2D eigenvalue weighted by molar-refractivity contribution is 7.14. The van der Waals surface area contributed by atoms with Crippen molar-refractivity contribution < 1.29 is 14.3 Å². The van der Waals surface area contributed by atoms with E-state index in [1.807, 2.05) is 13.0 Å². The third kappa shape index (κ3) is 5.17. The first-order valence-electron chi connectivity index (χ1n) is 7.74. The molecule has 2 aromatic rings. The molecule has 0 fully saturated rings. The number of anilines is 1. The topological polar surface area (TPSA) is 68.3 Å². The van der Waals surface area contributed by atoms with Crippen molar-refractivity contribution in [2.45, 2.75) is 39.7 Å². The van der Waals surface area contributed by atoms with Crippen molar-refractivity contribution in [3.05, 3.63) is 43.7 Å². The van der Waals surface area contributed by atoms with Crippen molar-refractivity contribution in [3.8, 4) is 0 Å². The van der Waals surface area contributed by atoms with Crippen molar-refractivity contribution in [2.24, 2.45) is 0 Å². The van der Waals surface area contributed by atoms with Gasteiger partial charge in [-0.1, -0.05) is 36.5 Å². The fraction of sp³-hybridized carbons (Fsp3) is 0.353. The van der Waals surface area contributed by atoms with Crippen molar-refractivity contribution in [1.82, 2.24) is 4.98 Å². The number of thiophene rings is 1. The van der Waals surface area contributed by atoms with Crippen LogP contribution in [0.15, 0.2) is 18.3 Å². The lowest BCUT2D eigenvalue weighted by Crippen LogP contribution is -2.30. The number of rotatable bonds is 6. The van der Waals surface area contributed by atoms with E-state index in [4.69, 9.17) is 27.9 Å². The normalized spacial score (nSPS) is 11.9. The second kappa shape index (κ2) is 8.65. The van der Waals surface area contributed by atoms with E-state index in [-0.39, 0.29) is 10.8 Å². The first-order chi connectivity index (χ1) is 11.8. The molecule has 0 bridgehead atoms. The van der Waals surface area contributed by atoms with Gasteiger partial charge in [-0.25, -0.2) is 9.78 Å². The average molecular weight is 401 g/mol. The van der Waals surface area contributed by atoms with Gasteiger partial charge in [0.2, 0.25) is 0 Å². The van der Waals surface area contributed by atoms with E-state index in [0.717, 1.165) is 23.3 Å². The third-order valence-electron chi connectivity index (χ3n) is 3.44. The Labute approximate surface area is 160 Å². The van der Waals surface area contributed by atoms with Crippen molar-refractivity contribution in [2.75, 3.05) is 5.32 Å². The van der Waals surface area contributed by atoms with Crippen molar-refractivity contribution in [3.63, 3.8) is 0 Å². The van der Waals surface area contributed by atoms with Crippen LogP contribution in [0.1, 0.15) is 40.4 Å². The zero-order valence-corrected chi connectivity index (χ0v) is 16.4. The molecule has 0 saturated heterocycles. The smallest absolute Gasteiger partial charge is 0.349 e. The standard InChI is InChI=1S/C17H18Cl2N2O3S/c1-4-5-11-6-14(25-10(11)3)17(23)24-9(2)16(22)21-15-13(19)7-12(18)8-20-15/h6-9H,4-5H2,1-3H3,(H,20,21,22). The van der Waals surface area contributed by atoms with E-state index in [2.05, 4.69) is 17.2 Å². The van der Waals surface area contributed by atoms with Crippen molar-refractivity contribution in [1.29, 1.82) is 0 Å². The number of aryl methyl sites for hydroxylation is 2. The molecule has 1 N–H and O–H groups in total. The Bertz CT molecular complexity index is 792. The van der Waals surface area contributed by atoms with Gasteiger partial charge in [0.25, 0.3) is 5.91 Å². The van der Waals surface area contributed by atoms with Crippen LogP contribution in [0, 0.1) is 6.92 Å². The zero-order chi connectivity index (χ0) is 18.6. The van der Waals surface area contributed by atoms with Crippen molar-refractivity contribution >= 4 is 52.2 Å². The van der Waals surface area contributed by atoms with E-state index >= 15 is 0 Å². The summed E-state index contributed by atoms with van der Waals surface area (Å²) in [6.45, 7) is 5.54. The summed E-state index contributed by atoms with van der Waals surface area (Å²) in [6, 6.07) is 3.29. The third-order valence-corrected chi connectivity index (χ3v) is 5.01. The molecule has 134 valence electrons. The maximum absolute atomic E-state index is 12.2. The Morgan fingerprint density at radius 1 is 1.36 bits per heavy atom. The Balaban J connectivity index is 2.00. The first-order valence-corrected chi connectivity index (χ1v) is 9.31. The molecule has 2 rings (SSSR count). The van der Waals surface area contributed by atoms with Gasteiger partial charge >= 0.3 is 5.97 Å². The number of aromatic nitrogens is 1. The number of carbonyl (C=O) groups excluding carboxylic acids is 2. The maximum Gasteiger partial charge on any atom is 0.349 e. The van der Waals surface area contributed by atoms with Crippen LogP contribution in [0.25, 0.3) is 0 Å². The van der Waals surface area contributed by atoms with Gasteiger partial charge in [-0.15, -0.1) is 11.3 Å². The molecule has 0 spiro atoms. The minimum atomic E-state index is -0.988. The fourth-order valence-corrected chi connectivity index (χ4v) is 3.52. The minimum Gasteiger partial charge on any atom is -0.448 e. The second-order valence-corrected chi connectivity index (χ2v) is 7.56. The molecule has 0 saturated carbocycles. The number of nitrogens with one attached hydrogen (secondary N) is 1. The Kier molecular flexibility index (Phi) is 6.81.